The minimum absolute atomic E-state index is 0.0718. The summed E-state index contributed by atoms with van der Waals surface area (Å²) in [7, 11) is 0. The Morgan fingerprint density at radius 2 is 1.57 bits per heavy atom. The molecule has 1 nitrogen and oxygen atoms in total. The van der Waals surface area contributed by atoms with Crippen LogP contribution in [0.5, 0.6) is 0 Å². The minimum atomic E-state index is -0.403. The predicted molar refractivity (Wildman–Crippen MR) is 82.5 cm³/mol. The highest BCUT2D eigenvalue weighted by molar-refractivity contribution is 6.31. The predicted octanol–water partition coefficient (Wildman–Crippen LogP) is 5.34. The lowest BCUT2D eigenvalue weighted by Crippen LogP contribution is -2.23. The smallest absolute Gasteiger partial charge is 0.128 e. The van der Waals surface area contributed by atoms with Crippen molar-refractivity contribution >= 4 is 11.6 Å². The molecule has 0 spiro atoms. The molecule has 2 rings (SSSR count). The molecule has 0 heterocycles. The molecule has 0 fully saturated rings. The van der Waals surface area contributed by atoms with Gasteiger partial charge in [0.15, 0.2) is 0 Å². The molecule has 21 heavy (non-hydrogen) atoms. The number of hydrogen-bond acceptors (Lipinski definition) is 1. The van der Waals surface area contributed by atoms with E-state index in [-0.39, 0.29) is 12.1 Å². The van der Waals surface area contributed by atoms with Crippen LogP contribution in [0.4, 0.5) is 8.78 Å². The molecule has 4 heteroatoms. The zero-order valence-corrected chi connectivity index (χ0v) is 13.0. The average Bonchev–Trinajstić information content (AvgIpc) is 2.43. The summed E-state index contributed by atoms with van der Waals surface area (Å²) in [4.78, 5) is 0. The van der Waals surface area contributed by atoms with E-state index in [1.54, 1.807) is 13.8 Å². The molecular formula is C17H18ClF2N. The van der Waals surface area contributed by atoms with Crippen LogP contribution in [0.2, 0.25) is 5.02 Å². The van der Waals surface area contributed by atoms with Gasteiger partial charge in [0.25, 0.3) is 0 Å². The minimum Gasteiger partial charge on any atom is -0.303 e. The highest BCUT2D eigenvalue weighted by Gasteiger charge is 2.17. The van der Waals surface area contributed by atoms with Gasteiger partial charge < -0.3 is 5.32 Å². The van der Waals surface area contributed by atoms with Crippen LogP contribution >= 0.6 is 11.6 Å². The standard InChI is InChI=1S/C17H18ClF2N/c1-10-8-17(20)14(9-16(10)19)12(3)21-11(2)13-6-4-5-7-15(13)18/h4-9,11-12,21H,1-3H3/t11-,12?/m0/s1. The van der Waals surface area contributed by atoms with Gasteiger partial charge in [-0.05, 0) is 50.1 Å². The molecule has 0 radical (unpaired) electrons. The SMILES string of the molecule is Cc1cc(F)c(C(C)N[C@@H](C)c2ccccc2Cl)cc1F. The maximum absolute atomic E-state index is 14.0. The molecule has 2 aromatic carbocycles. The number of aryl methyl sites for hydroxylation is 1. The topological polar surface area (TPSA) is 12.0 Å². The van der Waals surface area contributed by atoms with Gasteiger partial charge in [0, 0.05) is 22.7 Å². The van der Waals surface area contributed by atoms with Crippen molar-refractivity contribution in [2.24, 2.45) is 0 Å². The Kier molecular flexibility index (Phi) is 4.96. The van der Waals surface area contributed by atoms with E-state index in [0.717, 1.165) is 5.56 Å². The third-order valence-corrected chi connectivity index (χ3v) is 3.96. The molecular weight excluding hydrogens is 292 g/mol. The molecule has 112 valence electrons. The van der Waals surface area contributed by atoms with Crippen molar-refractivity contribution in [3.05, 3.63) is 69.7 Å². The van der Waals surface area contributed by atoms with Crippen LogP contribution in [-0.4, -0.2) is 0 Å². The monoisotopic (exact) mass is 309 g/mol. The van der Waals surface area contributed by atoms with Crippen LogP contribution in [-0.2, 0) is 0 Å². The Balaban J connectivity index is 2.20. The largest absolute Gasteiger partial charge is 0.303 e. The number of rotatable bonds is 4. The molecule has 0 aromatic heterocycles. The van der Waals surface area contributed by atoms with Crippen molar-refractivity contribution in [2.75, 3.05) is 0 Å². The van der Waals surface area contributed by atoms with Crippen LogP contribution in [0.1, 0.15) is 42.6 Å². The molecule has 0 saturated carbocycles. The van der Waals surface area contributed by atoms with Gasteiger partial charge in [-0.25, -0.2) is 8.78 Å². The number of halogens is 3. The molecule has 0 aliphatic heterocycles. The zero-order chi connectivity index (χ0) is 15.6. The van der Waals surface area contributed by atoms with E-state index in [1.807, 2.05) is 31.2 Å². The Morgan fingerprint density at radius 3 is 2.24 bits per heavy atom. The van der Waals surface area contributed by atoms with Crippen LogP contribution in [0.25, 0.3) is 0 Å². The number of hydrogen-bond donors (Lipinski definition) is 1. The fourth-order valence-corrected chi connectivity index (χ4v) is 2.67. The summed E-state index contributed by atoms with van der Waals surface area (Å²) >= 11 is 6.15. The van der Waals surface area contributed by atoms with Gasteiger partial charge in [0.2, 0.25) is 0 Å². The lowest BCUT2D eigenvalue weighted by atomic mass is 10.0. The molecule has 2 aromatic rings. The van der Waals surface area contributed by atoms with E-state index in [0.29, 0.717) is 16.1 Å². The maximum Gasteiger partial charge on any atom is 0.128 e. The lowest BCUT2D eigenvalue weighted by molar-refractivity contribution is 0.469. The van der Waals surface area contributed by atoms with Crippen molar-refractivity contribution in [3.63, 3.8) is 0 Å². The average molecular weight is 310 g/mol. The van der Waals surface area contributed by atoms with Gasteiger partial charge in [-0.1, -0.05) is 29.8 Å². The third-order valence-electron chi connectivity index (χ3n) is 3.62. The Morgan fingerprint density at radius 1 is 0.952 bits per heavy atom. The van der Waals surface area contributed by atoms with Gasteiger partial charge >= 0.3 is 0 Å². The van der Waals surface area contributed by atoms with Crippen LogP contribution < -0.4 is 5.32 Å². The fourth-order valence-electron chi connectivity index (χ4n) is 2.37. The quantitative estimate of drug-likeness (QED) is 0.804. The van der Waals surface area contributed by atoms with E-state index in [2.05, 4.69) is 5.32 Å². The molecule has 0 saturated heterocycles. The maximum atomic E-state index is 14.0. The molecule has 0 amide bonds. The summed E-state index contributed by atoms with van der Waals surface area (Å²) in [5.74, 6) is -0.800. The van der Waals surface area contributed by atoms with Crippen molar-refractivity contribution in [1.82, 2.24) is 5.32 Å². The molecule has 0 bridgehead atoms. The van der Waals surface area contributed by atoms with Gasteiger partial charge in [-0.3, -0.25) is 0 Å². The second-order valence-corrected chi connectivity index (χ2v) is 5.66. The zero-order valence-electron chi connectivity index (χ0n) is 12.3. The van der Waals surface area contributed by atoms with Crippen molar-refractivity contribution in [3.8, 4) is 0 Å². The molecule has 0 aliphatic carbocycles. The van der Waals surface area contributed by atoms with E-state index in [9.17, 15) is 8.78 Å². The first kappa shape index (κ1) is 15.9. The highest BCUT2D eigenvalue weighted by Crippen LogP contribution is 2.27. The Bertz CT molecular complexity index is 643. The third kappa shape index (κ3) is 3.60. The van der Waals surface area contributed by atoms with Gasteiger partial charge in [-0.15, -0.1) is 0 Å². The van der Waals surface area contributed by atoms with E-state index in [1.165, 1.54) is 12.1 Å². The normalized spacial score (nSPS) is 14.0. The van der Waals surface area contributed by atoms with E-state index >= 15 is 0 Å². The molecule has 0 aliphatic rings. The highest BCUT2D eigenvalue weighted by atomic mass is 35.5. The molecule has 1 unspecified atom stereocenters. The van der Waals surface area contributed by atoms with Crippen molar-refractivity contribution in [2.45, 2.75) is 32.9 Å². The summed E-state index contributed by atoms with van der Waals surface area (Å²) < 4.78 is 27.6. The van der Waals surface area contributed by atoms with E-state index in [4.69, 9.17) is 11.6 Å². The first-order valence-electron chi connectivity index (χ1n) is 6.86. The lowest BCUT2D eigenvalue weighted by Gasteiger charge is -2.22. The summed E-state index contributed by atoms with van der Waals surface area (Å²) in [6.07, 6.45) is 0. The summed E-state index contributed by atoms with van der Waals surface area (Å²) in [5.41, 5.74) is 1.55. The summed E-state index contributed by atoms with van der Waals surface area (Å²) in [5, 5.41) is 3.90. The van der Waals surface area contributed by atoms with Gasteiger partial charge in [0.05, 0.1) is 0 Å². The summed E-state index contributed by atoms with van der Waals surface area (Å²) in [6.45, 7) is 5.30. The first-order chi connectivity index (χ1) is 9.90. The van der Waals surface area contributed by atoms with Crippen LogP contribution in [0.15, 0.2) is 36.4 Å². The fraction of sp³-hybridized carbons (Fsp3) is 0.294. The van der Waals surface area contributed by atoms with E-state index < -0.39 is 11.6 Å². The number of benzene rings is 2. The van der Waals surface area contributed by atoms with Crippen LogP contribution in [0, 0.1) is 18.6 Å². The van der Waals surface area contributed by atoms with Crippen molar-refractivity contribution in [1.29, 1.82) is 0 Å². The van der Waals surface area contributed by atoms with Gasteiger partial charge in [0.1, 0.15) is 11.6 Å². The second kappa shape index (κ2) is 6.54. The number of nitrogens with one attached hydrogen (secondary N) is 1. The molecule has 1 N–H and O–H groups in total. The Hall–Kier alpha value is -1.45. The first-order valence-corrected chi connectivity index (χ1v) is 7.24. The van der Waals surface area contributed by atoms with Crippen LogP contribution in [0.3, 0.4) is 0 Å². The Labute approximate surface area is 128 Å². The van der Waals surface area contributed by atoms with Crippen molar-refractivity contribution < 1.29 is 8.78 Å². The molecule has 2 atom stereocenters. The second-order valence-electron chi connectivity index (χ2n) is 5.25. The summed E-state index contributed by atoms with van der Waals surface area (Å²) in [6, 6.07) is 9.56. The van der Waals surface area contributed by atoms with Gasteiger partial charge in [-0.2, -0.15) is 0 Å².